The minimum Gasteiger partial charge on any atom is -0.354 e. The Labute approximate surface area is 99.2 Å². The summed E-state index contributed by atoms with van der Waals surface area (Å²) in [5.74, 6) is 3.04. The smallest absolute Gasteiger partial charge is 0.223 e. The van der Waals surface area contributed by atoms with E-state index in [1.54, 1.807) is 0 Å². The van der Waals surface area contributed by atoms with Crippen molar-refractivity contribution in [2.24, 2.45) is 23.7 Å². The van der Waals surface area contributed by atoms with Crippen LogP contribution in [0.25, 0.3) is 0 Å². The summed E-state index contributed by atoms with van der Waals surface area (Å²) in [7, 11) is 0. The second-order valence-electron chi connectivity index (χ2n) is 6.09. The zero-order valence-corrected chi connectivity index (χ0v) is 10.8. The molecule has 2 aliphatic carbocycles. The monoisotopic (exact) mass is 223 g/mol. The molecule has 2 saturated carbocycles. The summed E-state index contributed by atoms with van der Waals surface area (Å²) in [5, 5.41) is 3.10. The Bertz CT molecular complexity index is 261. The largest absolute Gasteiger partial charge is 0.354 e. The van der Waals surface area contributed by atoms with Crippen LogP contribution in [0.3, 0.4) is 0 Å². The molecule has 2 aliphatic rings. The molecule has 0 aromatic carbocycles. The van der Waals surface area contributed by atoms with E-state index < -0.39 is 0 Å². The predicted octanol–water partition coefficient (Wildman–Crippen LogP) is 2.97. The zero-order valence-electron chi connectivity index (χ0n) is 10.8. The molecule has 4 atom stereocenters. The summed E-state index contributed by atoms with van der Waals surface area (Å²) < 4.78 is 0. The van der Waals surface area contributed by atoms with Crippen LogP contribution in [0.4, 0.5) is 0 Å². The van der Waals surface area contributed by atoms with E-state index in [2.05, 4.69) is 26.1 Å². The minimum atomic E-state index is 0.284. The first-order valence-electron chi connectivity index (χ1n) is 6.90. The first kappa shape index (κ1) is 11.9. The van der Waals surface area contributed by atoms with Gasteiger partial charge in [-0.2, -0.15) is 0 Å². The van der Waals surface area contributed by atoms with E-state index in [1.807, 2.05) is 0 Å². The maximum atomic E-state index is 12.1. The lowest BCUT2D eigenvalue weighted by molar-refractivity contribution is -0.128. The van der Waals surface area contributed by atoms with Crippen molar-refractivity contribution >= 4 is 5.91 Å². The van der Waals surface area contributed by atoms with Gasteiger partial charge in [0.2, 0.25) is 5.91 Å². The molecule has 16 heavy (non-hydrogen) atoms. The lowest BCUT2D eigenvalue weighted by Crippen LogP contribution is -2.40. The number of hydrogen-bond donors (Lipinski definition) is 1. The average Bonchev–Trinajstić information content (AvgIpc) is 2.94. The van der Waals surface area contributed by atoms with Crippen molar-refractivity contribution in [3.05, 3.63) is 0 Å². The second kappa shape index (κ2) is 4.77. The van der Waals surface area contributed by atoms with Gasteiger partial charge in [-0.05, 0) is 50.9 Å². The molecule has 0 spiro atoms. The maximum absolute atomic E-state index is 12.1. The molecule has 92 valence electrons. The Balaban J connectivity index is 1.96. The number of carbonyl (C=O) groups is 1. The minimum absolute atomic E-state index is 0.284. The summed E-state index contributed by atoms with van der Waals surface area (Å²) in [5.41, 5.74) is 0. The van der Waals surface area contributed by atoms with Gasteiger partial charge in [0.1, 0.15) is 0 Å². The molecule has 0 aliphatic heterocycles. The zero-order chi connectivity index (χ0) is 11.7. The summed E-state index contributed by atoms with van der Waals surface area (Å²) in [6, 6.07) is 0.284. The molecule has 0 aromatic heterocycles. The van der Waals surface area contributed by atoms with Crippen molar-refractivity contribution in [2.75, 3.05) is 0 Å². The third kappa shape index (κ3) is 2.58. The Morgan fingerprint density at radius 2 is 1.81 bits per heavy atom. The molecule has 0 aromatic rings. The van der Waals surface area contributed by atoms with E-state index in [4.69, 9.17) is 0 Å². The highest BCUT2D eigenvalue weighted by Gasteiger charge is 2.45. The van der Waals surface area contributed by atoms with Crippen molar-refractivity contribution in [1.82, 2.24) is 5.32 Å². The van der Waals surface area contributed by atoms with E-state index in [9.17, 15) is 4.79 Å². The molecular formula is C14H25NO. The molecule has 0 radical (unpaired) electrons. The van der Waals surface area contributed by atoms with E-state index in [0.717, 1.165) is 18.3 Å². The highest BCUT2D eigenvalue weighted by atomic mass is 16.1. The molecular weight excluding hydrogens is 198 g/mol. The Morgan fingerprint density at radius 1 is 1.19 bits per heavy atom. The van der Waals surface area contributed by atoms with Gasteiger partial charge >= 0.3 is 0 Å². The number of hydrogen-bond acceptors (Lipinski definition) is 1. The SMILES string of the molecule is CC(C)NC(=O)C1CCCCC1C1CC1C. The van der Waals surface area contributed by atoms with Crippen molar-refractivity contribution in [3.8, 4) is 0 Å². The summed E-state index contributed by atoms with van der Waals surface area (Å²) in [4.78, 5) is 12.1. The highest BCUT2D eigenvalue weighted by Crippen LogP contribution is 2.51. The first-order chi connectivity index (χ1) is 7.59. The normalized spacial score (nSPS) is 38.5. The van der Waals surface area contributed by atoms with Gasteiger partial charge in [-0.1, -0.05) is 19.8 Å². The van der Waals surface area contributed by atoms with Crippen LogP contribution < -0.4 is 5.32 Å². The number of carbonyl (C=O) groups excluding carboxylic acids is 1. The molecule has 0 bridgehead atoms. The molecule has 0 saturated heterocycles. The van der Waals surface area contributed by atoms with Crippen LogP contribution in [-0.2, 0) is 4.79 Å². The second-order valence-corrected chi connectivity index (χ2v) is 6.09. The van der Waals surface area contributed by atoms with Gasteiger partial charge in [0.25, 0.3) is 0 Å². The summed E-state index contributed by atoms with van der Waals surface area (Å²) in [6.45, 7) is 6.43. The highest BCUT2D eigenvalue weighted by molar-refractivity contribution is 5.79. The third-order valence-corrected chi connectivity index (χ3v) is 4.31. The number of nitrogens with one attached hydrogen (secondary N) is 1. The van der Waals surface area contributed by atoms with Crippen molar-refractivity contribution in [3.63, 3.8) is 0 Å². The van der Waals surface area contributed by atoms with Crippen LogP contribution in [0.15, 0.2) is 0 Å². The van der Waals surface area contributed by atoms with Gasteiger partial charge < -0.3 is 5.32 Å². The van der Waals surface area contributed by atoms with Crippen molar-refractivity contribution < 1.29 is 4.79 Å². The molecule has 1 amide bonds. The van der Waals surface area contributed by atoms with Gasteiger partial charge in [-0.15, -0.1) is 0 Å². The topological polar surface area (TPSA) is 29.1 Å². The maximum Gasteiger partial charge on any atom is 0.223 e. The number of amides is 1. The fraction of sp³-hybridized carbons (Fsp3) is 0.929. The summed E-state index contributed by atoms with van der Waals surface area (Å²) >= 11 is 0. The average molecular weight is 223 g/mol. The lowest BCUT2D eigenvalue weighted by atomic mass is 9.75. The molecule has 1 N–H and O–H groups in total. The predicted molar refractivity (Wildman–Crippen MR) is 66.0 cm³/mol. The van der Waals surface area contributed by atoms with E-state index in [-0.39, 0.29) is 6.04 Å². The Morgan fingerprint density at radius 3 is 2.38 bits per heavy atom. The molecule has 2 fully saturated rings. The van der Waals surface area contributed by atoms with Gasteiger partial charge in [0.15, 0.2) is 0 Å². The van der Waals surface area contributed by atoms with Gasteiger partial charge in [-0.3, -0.25) is 4.79 Å². The molecule has 2 heteroatoms. The molecule has 2 nitrogen and oxygen atoms in total. The fourth-order valence-electron chi connectivity index (χ4n) is 3.34. The van der Waals surface area contributed by atoms with Crippen LogP contribution in [0.5, 0.6) is 0 Å². The fourth-order valence-corrected chi connectivity index (χ4v) is 3.34. The van der Waals surface area contributed by atoms with E-state index >= 15 is 0 Å². The molecule has 2 rings (SSSR count). The van der Waals surface area contributed by atoms with Gasteiger partial charge in [-0.25, -0.2) is 0 Å². The van der Waals surface area contributed by atoms with Crippen LogP contribution in [0, 0.1) is 23.7 Å². The molecule has 0 heterocycles. The van der Waals surface area contributed by atoms with Crippen LogP contribution in [0.2, 0.25) is 0 Å². The van der Waals surface area contributed by atoms with Gasteiger partial charge in [0.05, 0.1) is 0 Å². The Kier molecular flexibility index (Phi) is 3.56. The van der Waals surface area contributed by atoms with E-state index in [0.29, 0.717) is 17.7 Å². The van der Waals surface area contributed by atoms with Crippen LogP contribution >= 0.6 is 0 Å². The van der Waals surface area contributed by atoms with Crippen LogP contribution in [-0.4, -0.2) is 11.9 Å². The number of rotatable bonds is 3. The van der Waals surface area contributed by atoms with Crippen molar-refractivity contribution in [1.29, 1.82) is 0 Å². The lowest BCUT2D eigenvalue weighted by Gasteiger charge is -2.31. The third-order valence-electron chi connectivity index (χ3n) is 4.31. The summed E-state index contributed by atoms with van der Waals surface area (Å²) in [6.07, 6.45) is 6.33. The Hall–Kier alpha value is -0.530. The van der Waals surface area contributed by atoms with Gasteiger partial charge in [0, 0.05) is 12.0 Å². The first-order valence-corrected chi connectivity index (χ1v) is 6.90. The molecule has 4 unspecified atom stereocenters. The van der Waals surface area contributed by atoms with Crippen molar-refractivity contribution in [2.45, 2.75) is 58.9 Å². The quantitative estimate of drug-likeness (QED) is 0.783. The van der Waals surface area contributed by atoms with Crippen LogP contribution in [0.1, 0.15) is 52.9 Å². The van der Waals surface area contributed by atoms with E-state index in [1.165, 1.54) is 25.7 Å². The standard InChI is InChI=1S/C14H25NO/c1-9(2)15-14(16)12-7-5-4-6-11(12)13-8-10(13)3/h9-13H,4-8H2,1-3H3,(H,15,16).